The van der Waals surface area contributed by atoms with Crippen molar-refractivity contribution in [2.24, 2.45) is 0 Å². The number of anilines is 1. The van der Waals surface area contributed by atoms with Crippen molar-refractivity contribution in [3.05, 3.63) is 83.6 Å². The summed E-state index contributed by atoms with van der Waals surface area (Å²) in [7, 11) is 0. The Hall–Kier alpha value is -3.05. The van der Waals surface area contributed by atoms with Crippen LogP contribution in [0.2, 0.25) is 0 Å². The van der Waals surface area contributed by atoms with E-state index in [1.54, 1.807) is 6.20 Å². The van der Waals surface area contributed by atoms with Gasteiger partial charge in [-0.3, -0.25) is 0 Å². The molecule has 3 aliphatic heterocycles. The van der Waals surface area contributed by atoms with Crippen molar-refractivity contribution in [1.29, 1.82) is 0 Å². The van der Waals surface area contributed by atoms with Crippen LogP contribution < -0.4 is 19.7 Å². The zero-order valence-corrected chi connectivity index (χ0v) is 17.6. The van der Waals surface area contributed by atoms with E-state index >= 15 is 0 Å². The van der Waals surface area contributed by atoms with Crippen LogP contribution in [0.25, 0.3) is 0 Å². The summed E-state index contributed by atoms with van der Waals surface area (Å²) in [5, 5.41) is 3.53. The first-order valence-corrected chi connectivity index (χ1v) is 11.2. The molecule has 0 saturated carbocycles. The Morgan fingerprint density at radius 2 is 1.84 bits per heavy atom. The summed E-state index contributed by atoms with van der Waals surface area (Å²) >= 11 is 0. The fourth-order valence-corrected chi connectivity index (χ4v) is 5.34. The third kappa shape index (κ3) is 3.33. The van der Waals surface area contributed by atoms with Crippen LogP contribution in [-0.2, 0) is 12.0 Å². The molecular formula is C26H27N3O2. The summed E-state index contributed by atoms with van der Waals surface area (Å²) in [6, 6.07) is 21.5. The van der Waals surface area contributed by atoms with Crippen LogP contribution in [0.4, 0.5) is 5.69 Å². The molecule has 2 aromatic carbocycles. The molecule has 4 heterocycles. The third-order valence-corrected chi connectivity index (χ3v) is 6.98. The standard InChI is InChI=1S/C26H27N3O2/c1-2-5-22-21(4-1)26(11-14-27-15-12-26)18-29(22)16-19-7-9-20(10-8-19)24-17-30-23-6-3-13-28-25(23)31-24/h1-10,13,24,27H,11-12,14-18H2/t24-/m1/s1. The minimum atomic E-state index is -0.123. The second-order valence-electron chi connectivity index (χ2n) is 8.87. The molecule has 1 fully saturated rings. The van der Waals surface area contributed by atoms with Crippen molar-refractivity contribution in [2.45, 2.75) is 30.9 Å². The van der Waals surface area contributed by atoms with Gasteiger partial charge in [0.1, 0.15) is 6.61 Å². The summed E-state index contributed by atoms with van der Waals surface area (Å²) in [6.07, 6.45) is 4.04. The zero-order valence-electron chi connectivity index (χ0n) is 17.6. The maximum Gasteiger partial charge on any atom is 0.257 e. The number of fused-ring (bicyclic) bond motifs is 3. The van der Waals surface area contributed by atoms with E-state index in [-0.39, 0.29) is 6.10 Å². The second kappa shape index (κ2) is 7.57. The molecule has 1 saturated heterocycles. The molecule has 0 radical (unpaired) electrons. The quantitative estimate of drug-likeness (QED) is 0.696. The van der Waals surface area contributed by atoms with E-state index in [1.165, 1.54) is 29.7 Å². The number of benzene rings is 2. The number of aromatic nitrogens is 1. The zero-order chi connectivity index (χ0) is 20.7. The van der Waals surface area contributed by atoms with Crippen LogP contribution in [0.1, 0.15) is 35.6 Å². The van der Waals surface area contributed by atoms with Crippen LogP contribution in [0.3, 0.4) is 0 Å². The number of hydrogen-bond acceptors (Lipinski definition) is 5. The molecule has 31 heavy (non-hydrogen) atoms. The number of nitrogens with zero attached hydrogens (tertiary/aromatic N) is 2. The van der Waals surface area contributed by atoms with Crippen molar-refractivity contribution in [3.8, 4) is 11.6 Å². The van der Waals surface area contributed by atoms with Crippen LogP contribution in [0.15, 0.2) is 66.9 Å². The summed E-state index contributed by atoms with van der Waals surface area (Å²) in [5.41, 5.74) is 5.68. The van der Waals surface area contributed by atoms with Gasteiger partial charge in [0.05, 0.1) is 0 Å². The Bertz CT molecular complexity index is 1080. The number of rotatable bonds is 3. The van der Waals surface area contributed by atoms with Gasteiger partial charge in [-0.1, -0.05) is 42.5 Å². The van der Waals surface area contributed by atoms with Gasteiger partial charge in [0.25, 0.3) is 5.88 Å². The van der Waals surface area contributed by atoms with Crippen LogP contribution in [-0.4, -0.2) is 31.2 Å². The number of ether oxygens (including phenoxy) is 2. The number of piperidine rings is 1. The highest BCUT2D eigenvalue weighted by Gasteiger charge is 2.42. The van der Waals surface area contributed by atoms with Crippen molar-refractivity contribution in [3.63, 3.8) is 0 Å². The molecule has 6 rings (SSSR count). The lowest BCUT2D eigenvalue weighted by Crippen LogP contribution is -2.43. The second-order valence-corrected chi connectivity index (χ2v) is 8.87. The molecule has 1 spiro atoms. The van der Waals surface area contributed by atoms with Gasteiger partial charge in [0, 0.05) is 30.4 Å². The van der Waals surface area contributed by atoms with Crippen molar-refractivity contribution >= 4 is 5.69 Å². The molecule has 158 valence electrons. The van der Waals surface area contributed by atoms with Crippen LogP contribution in [0.5, 0.6) is 11.6 Å². The minimum Gasteiger partial charge on any atom is -0.484 e. The molecule has 5 heteroatoms. The van der Waals surface area contributed by atoms with Gasteiger partial charge in [-0.2, -0.15) is 0 Å². The van der Waals surface area contributed by atoms with E-state index in [4.69, 9.17) is 9.47 Å². The van der Waals surface area contributed by atoms with Gasteiger partial charge in [-0.15, -0.1) is 0 Å². The van der Waals surface area contributed by atoms with E-state index in [0.717, 1.165) is 37.5 Å². The first-order chi connectivity index (χ1) is 15.3. The molecule has 1 atom stereocenters. The topological polar surface area (TPSA) is 46.6 Å². The smallest absolute Gasteiger partial charge is 0.257 e. The predicted molar refractivity (Wildman–Crippen MR) is 121 cm³/mol. The Labute approximate surface area is 183 Å². The summed E-state index contributed by atoms with van der Waals surface area (Å²) < 4.78 is 11.9. The van der Waals surface area contributed by atoms with E-state index in [9.17, 15) is 0 Å². The van der Waals surface area contributed by atoms with Gasteiger partial charge in [-0.25, -0.2) is 4.98 Å². The molecule has 3 aromatic rings. The highest BCUT2D eigenvalue weighted by Crippen LogP contribution is 2.46. The van der Waals surface area contributed by atoms with E-state index in [2.05, 4.69) is 63.7 Å². The minimum absolute atomic E-state index is 0.123. The molecular weight excluding hydrogens is 386 g/mol. The highest BCUT2D eigenvalue weighted by molar-refractivity contribution is 5.63. The average Bonchev–Trinajstić information content (AvgIpc) is 3.12. The maximum atomic E-state index is 6.06. The van der Waals surface area contributed by atoms with Gasteiger partial charge in [0.2, 0.25) is 0 Å². The largest absolute Gasteiger partial charge is 0.484 e. The first-order valence-electron chi connectivity index (χ1n) is 11.2. The number of hydrogen-bond donors (Lipinski definition) is 1. The highest BCUT2D eigenvalue weighted by atomic mass is 16.6. The third-order valence-electron chi connectivity index (χ3n) is 6.98. The molecule has 1 N–H and O–H groups in total. The lowest BCUT2D eigenvalue weighted by Gasteiger charge is -2.35. The van der Waals surface area contributed by atoms with Gasteiger partial charge < -0.3 is 19.7 Å². The Balaban J connectivity index is 1.19. The molecule has 0 aliphatic carbocycles. The van der Waals surface area contributed by atoms with Crippen molar-refractivity contribution < 1.29 is 9.47 Å². The fraction of sp³-hybridized carbons (Fsp3) is 0.346. The summed E-state index contributed by atoms with van der Waals surface area (Å²) in [4.78, 5) is 6.85. The lowest BCUT2D eigenvalue weighted by atomic mass is 9.75. The number of pyridine rings is 1. The van der Waals surface area contributed by atoms with Crippen molar-refractivity contribution in [1.82, 2.24) is 10.3 Å². The van der Waals surface area contributed by atoms with E-state index in [0.29, 0.717) is 17.9 Å². The van der Waals surface area contributed by atoms with Crippen LogP contribution in [0, 0.1) is 0 Å². The SMILES string of the molecule is c1cnc2c(c1)OC[C@H](c1ccc(CN3CC4(CCNCC4)c4ccccc43)cc1)O2. The van der Waals surface area contributed by atoms with Crippen LogP contribution >= 0.6 is 0 Å². The first kappa shape index (κ1) is 18.7. The molecule has 0 unspecified atom stereocenters. The number of nitrogens with one attached hydrogen (secondary N) is 1. The van der Waals surface area contributed by atoms with E-state index < -0.39 is 0 Å². The summed E-state index contributed by atoms with van der Waals surface area (Å²) in [6.45, 7) is 4.77. The van der Waals surface area contributed by atoms with Gasteiger partial charge in [-0.05, 0) is 60.8 Å². The van der Waals surface area contributed by atoms with E-state index in [1.807, 2.05) is 12.1 Å². The van der Waals surface area contributed by atoms with Crippen molar-refractivity contribution in [2.75, 3.05) is 31.1 Å². The maximum absolute atomic E-state index is 6.06. The molecule has 3 aliphatic rings. The Kier molecular flexibility index (Phi) is 4.57. The normalized spacial score (nSPS) is 21.2. The Morgan fingerprint density at radius 3 is 2.71 bits per heavy atom. The Morgan fingerprint density at radius 1 is 1.00 bits per heavy atom. The average molecular weight is 414 g/mol. The predicted octanol–water partition coefficient (Wildman–Crippen LogP) is 4.24. The molecule has 0 amide bonds. The lowest BCUT2D eigenvalue weighted by molar-refractivity contribution is 0.0851. The molecule has 0 bridgehead atoms. The monoisotopic (exact) mass is 413 g/mol. The fourth-order valence-electron chi connectivity index (χ4n) is 5.34. The summed E-state index contributed by atoms with van der Waals surface area (Å²) in [5.74, 6) is 1.29. The van der Waals surface area contributed by atoms with Gasteiger partial charge >= 0.3 is 0 Å². The molecule has 1 aromatic heterocycles. The molecule has 5 nitrogen and oxygen atoms in total. The van der Waals surface area contributed by atoms with Gasteiger partial charge in [0.15, 0.2) is 11.9 Å². The number of para-hydroxylation sites is 1.